The molecule has 0 N–H and O–H groups in total. The van der Waals surface area contributed by atoms with Gasteiger partial charge in [-0.3, -0.25) is 4.79 Å². The van der Waals surface area contributed by atoms with Crippen molar-refractivity contribution in [1.29, 1.82) is 0 Å². The lowest BCUT2D eigenvalue weighted by Crippen LogP contribution is -2.41. The number of methoxy groups -OCH3 is 1. The van der Waals surface area contributed by atoms with Crippen molar-refractivity contribution in [3.05, 3.63) is 23.8 Å². The lowest BCUT2D eigenvalue weighted by Gasteiger charge is -2.33. The molecule has 128 valence electrons. The summed E-state index contributed by atoms with van der Waals surface area (Å²) in [7, 11) is 1.36. The van der Waals surface area contributed by atoms with E-state index in [1.807, 2.05) is 11.8 Å². The molecule has 1 amide bonds. The number of hydrogen-bond acceptors (Lipinski definition) is 3. The van der Waals surface area contributed by atoms with Crippen molar-refractivity contribution in [2.45, 2.75) is 51.7 Å². The molecule has 0 bridgehead atoms. The van der Waals surface area contributed by atoms with Crippen molar-refractivity contribution in [3.8, 4) is 11.5 Å². The van der Waals surface area contributed by atoms with Gasteiger partial charge in [0.05, 0.1) is 7.11 Å². The summed E-state index contributed by atoms with van der Waals surface area (Å²) in [6, 6.07) is 4.58. The van der Waals surface area contributed by atoms with Gasteiger partial charge in [-0.1, -0.05) is 19.3 Å². The molecule has 4 nitrogen and oxygen atoms in total. The van der Waals surface area contributed by atoms with Gasteiger partial charge in [-0.25, -0.2) is 0 Å². The van der Waals surface area contributed by atoms with Gasteiger partial charge in [0.2, 0.25) is 0 Å². The minimum Gasteiger partial charge on any atom is -0.493 e. The molecule has 1 aromatic rings. The standard InChI is InChI=1S/C17H23F2NO3/c1-3-20(13-7-5-4-6-8-13)16(21)12-9-10-14(23-17(18)19)15(11-12)22-2/h9-11,13,17H,3-8H2,1-2H3. The van der Waals surface area contributed by atoms with Gasteiger partial charge in [0.1, 0.15) is 0 Å². The zero-order valence-corrected chi connectivity index (χ0v) is 13.6. The van der Waals surface area contributed by atoms with E-state index in [9.17, 15) is 13.6 Å². The smallest absolute Gasteiger partial charge is 0.387 e. The van der Waals surface area contributed by atoms with Crippen molar-refractivity contribution < 1.29 is 23.0 Å². The summed E-state index contributed by atoms with van der Waals surface area (Å²) in [6.45, 7) is -0.348. The molecule has 1 fully saturated rings. The topological polar surface area (TPSA) is 38.8 Å². The van der Waals surface area contributed by atoms with Crippen LogP contribution in [0.3, 0.4) is 0 Å². The van der Waals surface area contributed by atoms with Crippen molar-refractivity contribution >= 4 is 5.91 Å². The van der Waals surface area contributed by atoms with Gasteiger partial charge in [0.25, 0.3) is 5.91 Å². The van der Waals surface area contributed by atoms with Crippen molar-refractivity contribution in [1.82, 2.24) is 4.90 Å². The summed E-state index contributed by atoms with van der Waals surface area (Å²) >= 11 is 0. The summed E-state index contributed by atoms with van der Waals surface area (Å²) in [5, 5.41) is 0. The summed E-state index contributed by atoms with van der Waals surface area (Å²) in [5.74, 6) is -0.0306. The first-order valence-corrected chi connectivity index (χ1v) is 8.00. The monoisotopic (exact) mass is 327 g/mol. The third kappa shape index (κ3) is 4.33. The van der Waals surface area contributed by atoms with Gasteiger partial charge in [-0.2, -0.15) is 8.78 Å². The van der Waals surface area contributed by atoms with E-state index in [0.717, 1.165) is 25.7 Å². The second-order valence-corrected chi connectivity index (χ2v) is 5.63. The van der Waals surface area contributed by atoms with Crippen LogP contribution in [0.4, 0.5) is 8.78 Å². The van der Waals surface area contributed by atoms with Crippen LogP contribution in [-0.4, -0.2) is 37.1 Å². The summed E-state index contributed by atoms with van der Waals surface area (Å²) in [5.41, 5.74) is 0.427. The highest BCUT2D eigenvalue weighted by Gasteiger charge is 2.25. The summed E-state index contributed by atoms with van der Waals surface area (Å²) < 4.78 is 34.2. The van der Waals surface area contributed by atoms with Crippen LogP contribution in [0, 0.1) is 0 Å². The Morgan fingerprint density at radius 2 is 1.96 bits per heavy atom. The molecule has 0 aromatic heterocycles. The molecule has 0 heterocycles. The van der Waals surface area contributed by atoms with Gasteiger partial charge in [0.15, 0.2) is 11.5 Å². The quantitative estimate of drug-likeness (QED) is 0.790. The normalized spacial score (nSPS) is 15.5. The highest BCUT2D eigenvalue weighted by molar-refractivity contribution is 5.95. The number of benzene rings is 1. The fourth-order valence-corrected chi connectivity index (χ4v) is 3.12. The van der Waals surface area contributed by atoms with E-state index in [4.69, 9.17) is 4.74 Å². The Kier molecular flexibility index (Phi) is 6.19. The van der Waals surface area contributed by atoms with E-state index in [2.05, 4.69) is 4.74 Å². The number of ether oxygens (including phenoxy) is 2. The fraction of sp³-hybridized carbons (Fsp3) is 0.588. The van der Waals surface area contributed by atoms with E-state index >= 15 is 0 Å². The van der Waals surface area contributed by atoms with Gasteiger partial charge >= 0.3 is 6.61 Å². The highest BCUT2D eigenvalue weighted by Crippen LogP contribution is 2.31. The van der Waals surface area contributed by atoms with Gasteiger partial charge in [-0.15, -0.1) is 0 Å². The van der Waals surface area contributed by atoms with E-state index in [-0.39, 0.29) is 23.4 Å². The van der Waals surface area contributed by atoms with E-state index in [1.54, 1.807) is 0 Å². The predicted molar refractivity (Wildman–Crippen MR) is 83.2 cm³/mol. The Morgan fingerprint density at radius 3 is 2.52 bits per heavy atom. The van der Waals surface area contributed by atoms with Crippen molar-refractivity contribution in [3.63, 3.8) is 0 Å². The molecule has 0 unspecified atom stereocenters. The minimum atomic E-state index is -2.93. The number of carbonyl (C=O) groups is 1. The first-order chi connectivity index (χ1) is 11.1. The molecule has 2 rings (SSSR count). The SMILES string of the molecule is CCN(C(=O)c1ccc(OC(F)F)c(OC)c1)C1CCCCC1. The maximum absolute atomic E-state index is 12.8. The van der Waals surface area contributed by atoms with Crippen LogP contribution in [0.15, 0.2) is 18.2 Å². The van der Waals surface area contributed by atoms with Gasteiger partial charge in [0, 0.05) is 18.2 Å². The average Bonchev–Trinajstić information content (AvgIpc) is 2.56. The van der Waals surface area contributed by atoms with Gasteiger partial charge in [-0.05, 0) is 38.0 Å². The summed E-state index contributed by atoms with van der Waals surface area (Å²) in [4.78, 5) is 14.6. The second kappa shape index (κ2) is 8.13. The number of amides is 1. The molecule has 0 atom stereocenters. The third-order valence-corrected chi connectivity index (χ3v) is 4.24. The fourth-order valence-electron chi connectivity index (χ4n) is 3.12. The van der Waals surface area contributed by atoms with E-state index in [1.165, 1.54) is 31.7 Å². The van der Waals surface area contributed by atoms with Crippen LogP contribution in [-0.2, 0) is 0 Å². The van der Waals surface area contributed by atoms with E-state index in [0.29, 0.717) is 12.1 Å². The highest BCUT2D eigenvalue weighted by atomic mass is 19.3. The zero-order chi connectivity index (χ0) is 16.8. The van der Waals surface area contributed by atoms with Crippen LogP contribution < -0.4 is 9.47 Å². The Hall–Kier alpha value is -1.85. The number of carbonyl (C=O) groups excluding carboxylic acids is 1. The van der Waals surface area contributed by atoms with Gasteiger partial charge < -0.3 is 14.4 Å². The van der Waals surface area contributed by atoms with Crippen molar-refractivity contribution in [2.24, 2.45) is 0 Å². The lowest BCUT2D eigenvalue weighted by molar-refractivity contribution is -0.0512. The average molecular weight is 327 g/mol. The third-order valence-electron chi connectivity index (χ3n) is 4.24. The minimum absolute atomic E-state index is 0.0697. The molecule has 1 aromatic carbocycles. The predicted octanol–water partition coefficient (Wildman–Crippen LogP) is 4.09. The van der Waals surface area contributed by atoms with Crippen LogP contribution >= 0.6 is 0 Å². The Labute approximate surface area is 135 Å². The molecule has 0 spiro atoms. The zero-order valence-electron chi connectivity index (χ0n) is 13.6. The van der Waals surface area contributed by atoms with E-state index < -0.39 is 6.61 Å². The molecular weight excluding hydrogens is 304 g/mol. The molecule has 1 saturated carbocycles. The first kappa shape index (κ1) is 17.5. The molecule has 0 saturated heterocycles. The molecule has 0 aliphatic heterocycles. The maximum atomic E-state index is 12.8. The number of alkyl halides is 2. The molecule has 6 heteroatoms. The number of halogens is 2. The number of hydrogen-bond donors (Lipinski definition) is 0. The molecular formula is C17H23F2NO3. The maximum Gasteiger partial charge on any atom is 0.387 e. The molecule has 23 heavy (non-hydrogen) atoms. The second-order valence-electron chi connectivity index (χ2n) is 5.63. The molecule has 1 aliphatic rings. The Morgan fingerprint density at radius 1 is 1.26 bits per heavy atom. The number of rotatable bonds is 6. The lowest BCUT2D eigenvalue weighted by atomic mass is 9.93. The first-order valence-electron chi connectivity index (χ1n) is 8.00. The Balaban J connectivity index is 2.19. The largest absolute Gasteiger partial charge is 0.493 e. The summed E-state index contributed by atoms with van der Waals surface area (Å²) in [6.07, 6.45) is 5.53. The van der Waals surface area contributed by atoms with Crippen LogP contribution in [0.5, 0.6) is 11.5 Å². The Bertz CT molecular complexity index is 531. The molecule has 1 aliphatic carbocycles. The van der Waals surface area contributed by atoms with Crippen LogP contribution in [0.25, 0.3) is 0 Å². The number of nitrogens with zero attached hydrogens (tertiary/aromatic N) is 1. The van der Waals surface area contributed by atoms with Crippen LogP contribution in [0.1, 0.15) is 49.4 Å². The van der Waals surface area contributed by atoms with Crippen molar-refractivity contribution in [2.75, 3.05) is 13.7 Å². The van der Waals surface area contributed by atoms with Crippen LogP contribution in [0.2, 0.25) is 0 Å². The molecule has 0 radical (unpaired) electrons.